The van der Waals surface area contributed by atoms with Crippen LogP contribution in [0.4, 0.5) is 13.2 Å². The first kappa shape index (κ1) is 14.7. The number of benzene rings is 1. The summed E-state index contributed by atoms with van der Waals surface area (Å²) in [4.78, 5) is 0. The van der Waals surface area contributed by atoms with Crippen LogP contribution in [0.15, 0.2) is 30.5 Å². The number of halogens is 4. The smallest absolute Gasteiger partial charge is 0.423 e. The van der Waals surface area contributed by atoms with Crippen LogP contribution in [0.5, 0.6) is 5.88 Å². The Labute approximate surface area is 118 Å². The van der Waals surface area contributed by atoms with Crippen molar-refractivity contribution in [1.29, 1.82) is 0 Å². The third-order valence-corrected chi connectivity index (χ3v) is 2.78. The molecule has 1 aromatic heterocycles. The minimum Gasteiger partial charge on any atom is -0.474 e. The molecule has 0 saturated heterocycles. The van der Waals surface area contributed by atoms with Crippen molar-refractivity contribution in [2.24, 2.45) is 0 Å². The fraction of sp³-hybridized carbons (Fsp3) is 0.308. The van der Waals surface area contributed by atoms with Crippen LogP contribution in [-0.4, -0.2) is 15.9 Å². The van der Waals surface area contributed by atoms with Gasteiger partial charge in [0, 0.05) is 0 Å². The molecular formula is C13H12ClF3N2O. The molecule has 7 heteroatoms. The summed E-state index contributed by atoms with van der Waals surface area (Å²) in [5.74, 6) is -0.361. The maximum absolute atomic E-state index is 13.0. The van der Waals surface area contributed by atoms with Crippen LogP contribution in [0.3, 0.4) is 0 Å². The molecular weight excluding hydrogens is 293 g/mol. The van der Waals surface area contributed by atoms with Gasteiger partial charge in [0.2, 0.25) is 5.88 Å². The van der Waals surface area contributed by atoms with E-state index in [4.69, 9.17) is 16.3 Å². The zero-order chi connectivity index (χ0) is 14.9. The molecule has 0 bridgehead atoms. The summed E-state index contributed by atoms with van der Waals surface area (Å²) in [5, 5.41) is 4.04. The molecule has 20 heavy (non-hydrogen) atoms. The second kappa shape index (κ2) is 5.36. The zero-order valence-electron chi connectivity index (χ0n) is 10.8. The topological polar surface area (TPSA) is 27.1 Å². The molecule has 0 spiro atoms. The van der Waals surface area contributed by atoms with Gasteiger partial charge < -0.3 is 4.74 Å². The highest BCUT2D eigenvalue weighted by Gasteiger charge is 2.38. The van der Waals surface area contributed by atoms with E-state index in [2.05, 4.69) is 5.10 Å². The average Bonchev–Trinajstić information content (AvgIpc) is 2.72. The van der Waals surface area contributed by atoms with Gasteiger partial charge in [0.1, 0.15) is 5.56 Å². The van der Waals surface area contributed by atoms with Crippen molar-refractivity contribution in [2.45, 2.75) is 26.1 Å². The number of hydrogen-bond donors (Lipinski definition) is 0. The Hall–Kier alpha value is -1.69. The molecule has 0 atom stereocenters. The van der Waals surface area contributed by atoms with E-state index in [9.17, 15) is 13.2 Å². The molecule has 2 aromatic rings. The minimum atomic E-state index is -4.54. The van der Waals surface area contributed by atoms with Gasteiger partial charge in [-0.2, -0.15) is 23.0 Å². The molecule has 0 unspecified atom stereocenters. The third kappa shape index (κ3) is 2.90. The zero-order valence-corrected chi connectivity index (χ0v) is 11.5. The third-order valence-electron chi connectivity index (χ3n) is 2.46. The van der Waals surface area contributed by atoms with Crippen LogP contribution in [0, 0.1) is 0 Å². The van der Waals surface area contributed by atoms with Gasteiger partial charge in [-0.25, -0.2) is 0 Å². The highest BCUT2D eigenvalue weighted by molar-refractivity contribution is 6.32. The normalized spacial score (nSPS) is 11.9. The molecule has 108 valence electrons. The predicted molar refractivity (Wildman–Crippen MR) is 69.3 cm³/mol. The van der Waals surface area contributed by atoms with E-state index in [1.54, 1.807) is 38.1 Å². The Morgan fingerprint density at radius 2 is 1.90 bits per heavy atom. The average molecular weight is 305 g/mol. The molecule has 3 nitrogen and oxygen atoms in total. The molecule has 0 saturated carbocycles. The van der Waals surface area contributed by atoms with E-state index < -0.39 is 17.8 Å². The number of aromatic nitrogens is 2. The number of rotatable bonds is 3. The Kier molecular flexibility index (Phi) is 3.94. The lowest BCUT2D eigenvalue weighted by atomic mass is 10.3. The first-order valence-electron chi connectivity index (χ1n) is 5.87. The highest BCUT2D eigenvalue weighted by Crippen LogP contribution is 2.38. The van der Waals surface area contributed by atoms with Gasteiger partial charge in [0.05, 0.1) is 23.0 Å². The van der Waals surface area contributed by atoms with Gasteiger partial charge in [-0.3, -0.25) is 0 Å². The molecule has 0 N–H and O–H groups in total. The maximum Gasteiger partial charge on any atom is 0.423 e. The standard InChI is InChI=1S/C13H12ClF3N2O/c1-8(2)20-12-9(13(15,16)17)7-18-19(12)11-6-4-3-5-10(11)14/h3-8H,1-2H3. The van der Waals surface area contributed by atoms with E-state index in [1.165, 1.54) is 0 Å². The van der Waals surface area contributed by atoms with Crippen LogP contribution < -0.4 is 4.74 Å². The number of ether oxygens (including phenoxy) is 1. The maximum atomic E-state index is 13.0. The Morgan fingerprint density at radius 3 is 2.45 bits per heavy atom. The van der Waals surface area contributed by atoms with Gasteiger partial charge in [0.25, 0.3) is 0 Å². The number of hydrogen-bond acceptors (Lipinski definition) is 2. The quantitative estimate of drug-likeness (QED) is 0.844. The van der Waals surface area contributed by atoms with Crippen molar-refractivity contribution in [3.05, 3.63) is 41.0 Å². The summed E-state index contributed by atoms with van der Waals surface area (Å²) >= 11 is 5.99. The van der Waals surface area contributed by atoms with Gasteiger partial charge in [0.15, 0.2) is 0 Å². The highest BCUT2D eigenvalue weighted by atomic mass is 35.5. The number of alkyl halides is 3. The van der Waals surface area contributed by atoms with Crippen LogP contribution in [0.25, 0.3) is 5.69 Å². The van der Waals surface area contributed by atoms with Gasteiger partial charge in [-0.05, 0) is 26.0 Å². The summed E-state index contributed by atoms with van der Waals surface area (Å²) < 4.78 is 45.2. The fourth-order valence-corrected chi connectivity index (χ4v) is 1.88. The summed E-state index contributed by atoms with van der Waals surface area (Å²) in [6.45, 7) is 3.29. The molecule has 1 aromatic carbocycles. The Bertz CT molecular complexity index is 608. The monoisotopic (exact) mass is 304 g/mol. The summed E-state index contributed by atoms with van der Waals surface area (Å²) in [6, 6.07) is 6.49. The Morgan fingerprint density at radius 1 is 1.25 bits per heavy atom. The molecule has 1 heterocycles. The lowest BCUT2D eigenvalue weighted by molar-refractivity contribution is -0.139. The molecule has 0 aliphatic rings. The summed E-state index contributed by atoms with van der Waals surface area (Å²) in [6.07, 6.45) is -4.22. The van der Waals surface area contributed by atoms with E-state index in [1.807, 2.05) is 0 Å². The lowest BCUT2D eigenvalue weighted by Crippen LogP contribution is -2.14. The van der Waals surface area contributed by atoms with Gasteiger partial charge in [-0.15, -0.1) is 0 Å². The van der Waals surface area contributed by atoms with E-state index >= 15 is 0 Å². The van der Waals surface area contributed by atoms with Crippen molar-refractivity contribution in [2.75, 3.05) is 0 Å². The summed E-state index contributed by atoms with van der Waals surface area (Å²) in [5.41, 5.74) is -0.591. The molecule has 0 fully saturated rings. The number of para-hydroxylation sites is 1. The largest absolute Gasteiger partial charge is 0.474 e. The van der Waals surface area contributed by atoms with Crippen molar-refractivity contribution in [1.82, 2.24) is 9.78 Å². The number of nitrogens with zero attached hydrogens (tertiary/aromatic N) is 2. The van der Waals surface area contributed by atoms with Crippen molar-refractivity contribution in [3.8, 4) is 11.6 Å². The van der Waals surface area contributed by atoms with Crippen LogP contribution in [-0.2, 0) is 6.18 Å². The second-order valence-corrected chi connectivity index (χ2v) is 4.80. The van der Waals surface area contributed by atoms with E-state index in [0.29, 0.717) is 5.69 Å². The second-order valence-electron chi connectivity index (χ2n) is 4.39. The van der Waals surface area contributed by atoms with Crippen molar-refractivity contribution < 1.29 is 17.9 Å². The fourth-order valence-electron chi connectivity index (χ4n) is 1.66. The molecule has 0 aliphatic carbocycles. The predicted octanol–water partition coefficient (Wildman–Crippen LogP) is 4.33. The first-order valence-corrected chi connectivity index (χ1v) is 6.25. The summed E-state index contributed by atoms with van der Waals surface area (Å²) in [7, 11) is 0. The minimum absolute atomic E-state index is 0.290. The van der Waals surface area contributed by atoms with Crippen molar-refractivity contribution in [3.63, 3.8) is 0 Å². The van der Waals surface area contributed by atoms with E-state index in [0.717, 1.165) is 10.9 Å². The van der Waals surface area contributed by atoms with E-state index in [-0.39, 0.29) is 10.9 Å². The first-order chi connectivity index (χ1) is 9.30. The van der Waals surface area contributed by atoms with Gasteiger partial charge in [-0.1, -0.05) is 23.7 Å². The Balaban J connectivity index is 2.60. The van der Waals surface area contributed by atoms with Gasteiger partial charge >= 0.3 is 6.18 Å². The molecule has 0 aliphatic heterocycles. The van der Waals surface area contributed by atoms with Crippen LogP contribution in [0.2, 0.25) is 5.02 Å². The van der Waals surface area contributed by atoms with Crippen molar-refractivity contribution >= 4 is 11.6 Å². The molecule has 2 rings (SSSR count). The SMILES string of the molecule is CC(C)Oc1c(C(F)(F)F)cnn1-c1ccccc1Cl. The molecule has 0 radical (unpaired) electrons. The lowest BCUT2D eigenvalue weighted by Gasteiger charge is -2.15. The van der Waals surface area contributed by atoms with Crippen LogP contribution in [0.1, 0.15) is 19.4 Å². The molecule has 0 amide bonds. The van der Waals surface area contributed by atoms with Crippen LogP contribution >= 0.6 is 11.6 Å².